The fourth-order valence-electron chi connectivity index (χ4n) is 1.10. The number of ether oxygens (including phenoxy) is 1. The van der Waals surface area contributed by atoms with Crippen molar-refractivity contribution in [2.75, 3.05) is 7.11 Å². The van der Waals surface area contributed by atoms with Gasteiger partial charge in [-0.3, -0.25) is 0 Å². The lowest BCUT2D eigenvalue weighted by atomic mass is 10.1. The highest BCUT2D eigenvalue weighted by atomic mass is 35.5. The van der Waals surface area contributed by atoms with Gasteiger partial charge in [0.2, 0.25) is 0 Å². The average molecular weight is 222 g/mol. The van der Waals surface area contributed by atoms with Crippen LogP contribution in [0.5, 0.6) is 5.75 Å². The molecule has 2 N–H and O–H groups in total. The molecule has 0 radical (unpaired) electrons. The molecule has 5 heteroatoms. The summed E-state index contributed by atoms with van der Waals surface area (Å²) in [5, 5.41) is 0.358. The second kappa shape index (κ2) is 4.57. The number of nitrogens with two attached hydrogens (primary N) is 1. The molecule has 0 amide bonds. The van der Waals surface area contributed by atoms with E-state index in [0.717, 1.165) is 0 Å². The Balaban J connectivity index is 3.10. The Hall–Kier alpha value is -0.870. The van der Waals surface area contributed by atoms with Gasteiger partial charge in [-0.1, -0.05) is 11.6 Å². The summed E-state index contributed by atoms with van der Waals surface area (Å²) in [5.41, 5.74) is 5.51. The molecule has 0 aliphatic heterocycles. The Bertz CT molecular complexity index is 320. The summed E-state index contributed by atoms with van der Waals surface area (Å²) in [7, 11) is 1.39. The van der Waals surface area contributed by atoms with Crippen LogP contribution in [-0.4, -0.2) is 13.5 Å². The molecular formula is C9H10ClF2NO. The highest BCUT2D eigenvalue weighted by Crippen LogP contribution is 2.29. The van der Waals surface area contributed by atoms with Gasteiger partial charge in [0.15, 0.2) is 0 Å². The van der Waals surface area contributed by atoms with E-state index in [0.29, 0.717) is 10.8 Å². The lowest BCUT2D eigenvalue weighted by Gasteiger charge is -2.14. The molecule has 1 unspecified atom stereocenters. The first-order chi connectivity index (χ1) is 6.56. The van der Waals surface area contributed by atoms with E-state index < -0.39 is 12.5 Å². The van der Waals surface area contributed by atoms with Gasteiger partial charge in [0, 0.05) is 10.6 Å². The quantitative estimate of drug-likeness (QED) is 0.852. The van der Waals surface area contributed by atoms with Crippen LogP contribution >= 0.6 is 11.6 Å². The second-order valence-electron chi connectivity index (χ2n) is 2.75. The van der Waals surface area contributed by atoms with E-state index in [1.54, 1.807) is 6.07 Å². The van der Waals surface area contributed by atoms with E-state index in [-0.39, 0.29) is 5.56 Å². The lowest BCUT2D eigenvalue weighted by molar-refractivity contribution is 0.115. The maximum absolute atomic E-state index is 12.3. The molecule has 1 aromatic carbocycles. The van der Waals surface area contributed by atoms with Crippen LogP contribution in [-0.2, 0) is 0 Å². The van der Waals surface area contributed by atoms with Gasteiger partial charge in [0.1, 0.15) is 5.75 Å². The predicted octanol–water partition coefficient (Wildman–Crippen LogP) is 2.61. The largest absolute Gasteiger partial charge is 0.496 e. The molecule has 78 valence electrons. The van der Waals surface area contributed by atoms with Gasteiger partial charge >= 0.3 is 0 Å². The van der Waals surface area contributed by atoms with E-state index in [2.05, 4.69) is 0 Å². The molecule has 0 spiro atoms. The molecule has 0 saturated carbocycles. The highest BCUT2D eigenvalue weighted by molar-refractivity contribution is 6.30. The normalized spacial score (nSPS) is 13.0. The Morgan fingerprint density at radius 1 is 1.43 bits per heavy atom. The van der Waals surface area contributed by atoms with Crippen molar-refractivity contribution in [3.63, 3.8) is 0 Å². The first-order valence-electron chi connectivity index (χ1n) is 3.93. The van der Waals surface area contributed by atoms with E-state index >= 15 is 0 Å². The summed E-state index contributed by atoms with van der Waals surface area (Å²) in [6, 6.07) is 3.09. The number of rotatable bonds is 3. The van der Waals surface area contributed by atoms with Crippen molar-refractivity contribution in [1.29, 1.82) is 0 Å². The molecular weight excluding hydrogens is 212 g/mol. The third kappa shape index (κ3) is 2.33. The van der Waals surface area contributed by atoms with E-state index in [1.165, 1.54) is 19.2 Å². The molecule has 0 aliphatic rings. The van der Waals surface area contributed by atoms with Crippen LogP contribution in [0.1, 0.15) is 11.6 Å². The fraction of sp³-hybridized carbons (Fsp3) is 0.333. The molecule has 0 heterocycles. The minimum Gasteiger partial charge on any atom is -0.496 e. The number of hydrogen-bond donors (Lipinski definition) is 1. The Morgan fingerprint density at radius 3 is 2.57 bits per heavy atom. The average Bonchev–Trinajstić information content (AvgIpc) is 2.16. The molecule has 1 atom stereocenters. The predicted molar refractivity (Wildman–Crippen MR) is 50.9 cm³/mol. The third-order valence-corrected chi connectivity index (χ3v) is 2.06. The molecule has 0 fully saturated rings. The zero-order valence-corrected chi connectivity index (χ0v) is 8.26. The van der Waals surface area contributed by atoms with Gasteiger partial charge in [-0.25, -0.2) is 8.78 Å². The molecule has 0 saturated heterocycles. The van der Waals surface area contributed by atoms with Crippen LogP contribution < -0.4 is 10.5 Å². The van der Waals surface area contributed by atoms with Crippen LogP contribution in [0, 0.1) is 0 Å². The summed E-state index contributed by atoms with van der Waals surface area (Å²) in [4.78, 5) is 0. The molecule has 2 nitrogen and oxygen atoms in total. The number of methoxy groups -OCH3 is 1. The monoisotopic (exact) mass is 221 g/mol. The smallest absolute Gasteiger partial charge is 0.257 e. The molecule has 1 rings (SSSR count). The Kier molecular flexibility index (Phi) is 3.66. The summed E-state index contributed by atoms with van der Waals surface area (Å²) < 4.78 is 29.6. The first kappa shape index (κ1) is 11.2. The van der Waals surface area contributed by atoms with Crippen LogP contribution in [0.3, 0.4) is 0 Å². The van der Waals surface area contributed by atoms with Crippen LogP contribution in [0.15, 0.2) is 18.2 Å². The van der Waals surface area contributed by atoms with Gasteiger partial charge < -0.3 is 10.5 Å². The highest BCUT2D eigenvalue weighted by Gasteiger charge is 2.21. The van der Waals surface area contributed by atoms with E-state index in [1.807, 2.05) is 0 Å². The molecule has 0 bridgehead atoms. The SMILES string of the molecule is COc1ccc(Cl)cc1C(N)C(F)F. The minimum atomic E-state index is -2.64. The Morgan fingerprint density at radius 2 is 2.07 bits per heavy atom. The van der Waals surface area contributed by atoms with Gasteiger partial charge in [-0.05, 0) is 18.2 Å². The summed E-state index contributed by atoms with van der Waals surface area (Å²) in [6.07, 6.45) is -2.64. The number of hydrogen-bond acceptors (Lipinski definition) is 2. The van der Waals surface area contributed by atoms with Crippen LogP contribution in [0.4, 0.5) is 8.78 Å². The first-order valence-corrected chi connectivity index (χ1v) is 4.31. The van der Waals surface area contributed by atoms with Crippen molar-refractivity contribution < 1.29 is 13.5 Å². The van der Waals surface area contributed by atoms with Crippen molar-refractivity contribution in [2.45, 2.75) is 12.5 Å². The van der Waals surface area contributed by atoms with Gasteiger partial charge in [-0.15, -0.1) is 0 Å². The van der Waals surface area contributed by atoms with Crippen molar-refractivity contribution in [1.82, 2.24) is 0 Å². The van der Waals surface area contributed by atoms with Gasteiger partial charge in [-0.2, -0.15) is 0 Å². The van der Waals surface area contributed by atoms with Crippen molar-refractivity contribution in [2.24, 2.45) is 5.73 Å². The molecule has 14 heavy (non-hydrogen) atoms. The standard InChI is InChI=1S/C9H10ClF2NO/c1-14-7-3-2-5(10)4-6(7)8(13)9(11)12/h2-4,8-9H,13H2,1H3. The number of benzene rings is 1. The van der Waals surface area contributed by atoms with Crippen LogP contribution in [0.2, 0.25) is 5.02 Å². The zero-order valence-electron chi connectivity index (χ0n) is 7.51. The van der Waals surface area contributed by atoms with Crippen molar-refractivity contribution >= 4 is 11.6 Å². The second-order valence-corrected chi connectivity index (χ2v) is 3.18. The molecule has 1 aromatic rings. The molecule has 0 aliphatic carbocycles. The summed E-state index contributed by atoms with van der Waals surface area (Å²) in [5.74, 6) is 0.321. The van der Waals surface area contributed by atoms with Crippen molar-refractivity contribution in [3.8, 4) is 5.75 Å². The minimum absolute atomic E-state index is 0.218. The van der Waals surface area contributed by atoms with Crippen molar-refractivity contribution in [3.05, 3.63) is 28.8 Å². The van der Waals surface area contributed by atoms with Gasteiger partial charge in [0.05, 0.1) is 13.2 Å². The number of alkyl halides is 2. The fourth-order valence-corrected chi connectivity index (χ4v) is 1.28. The maximum Gasteiger partial charge on any atom is 0.257 e. The van der Waals surface area contributed by atoms with Gasteiger partial charge in [0.25, 0.3) is 6.43 Å². The number of halogens is 3. The lowest BCUT2D eigenvalue weighted by Crippen LogP contribution is -2.19. The molecule has 0 aromatic heterocycles. The van der Waals surface area contributed by atoms with Crippen LogP contribution in [0.25, 0.3) is 0 Å². The zero-order chi connectivity index (χ0) is 10.7. The summed E-state index contributed by atoms with van der Waals surface area (Å²) >= 11 is 5.67. The third-order valence-electron chi connectivity index (χ3n) is 1.82. The topological polar surface area (TPSA) is 35.2 Å². The van der Waals surface area contributed by atoms with E-state index in [9.17, 15) is 8.78 Å². The maximum atomic E-state index is 12.3. The van der Waals surface area contributed by atoms with E-state index in [4.69, 9.17) is 22.1 Å². The Labute approximate surface area is 85.6 Å². The summed E-state index contributed by atoms with van der Waals surface area (Å²) in [6.45, 7) is 0.